The Morgan fingerprint density at radius 1 is 1.38 bits per heavy atom. The lowest BCUT2D eigenvalue weighted by atomic mass is 10.2. The van der Waals surface area contributed by atoms with Crippen molar-refractivity contribution in [3.63, 3.8) is 0 Å². The van der Waals surface area contributed by atoms with Gasteiger partial charge in [0.1, 0.15) is 6.10 Å². The van der Waals surface area contributed by atoms with E-state index in [1.54, 1.807) is 18.5 Å². The van der Waals surface area contributed by atoms with Crippen molar-refractivity contribution in [2.75, 3.05) is 25.4 Å². The van der Waals surface area contributed by atoms with E-state index in [9.17, 15) is 0 Å². The minimum atomic E-state index is -0.160. The standard InChI is InChI=1S/C14H19N5O2/c1-9(2)19-3-4-20-12(8-19)13-17-14(21-18-13)10-5-11(15)7-16-6-10/h5-7,9,12H,3-4,8,15H2,1-2H3. The molecule has 112 valence electrons. The first-order valence-corrected chi connectivity index (χ1v) is 7.03. The molecule has 3 heterocycles. The number of ether oxygens (including phenoxy) is 1. The zero-order valence-corrected chi connectivity index (χ0v) is 12.2. The monoisotopic (exact) mass is 289 g/mol. The van der Waals surface area contributed by atoms with E-state index in [0.717, 1.165) is 13.1 Å². The Morgan fingerprint density at radius 3 is 3.00 bits per heavy atom. The van der Waals surface area contributed by atoms with Crippen molar-refractivity contribution < 1.29 is 9.26 Å². The topological polar surface area (TPSA) is 90.3 Å². The van der Waals surface area contributed by atoms with Crippen molar-refractivity contribution in [2.45, 2.75) is 26.0 Å². The average Bonchev–Trinajstić information content (AvgIpc) is 2.97. The fourth-order valence-electron chi connectivity index (χ4n) is 2.35. The van der Waals surface area contributed by atoms with Gasteiger partial charge in [-0.15, -0.1) is 0 Å². The number of pyridine rings is 1. The summed E-state index contributed by atoms with van der Waals surface area (Å²) in [5.41, 5.74) is 6.99. The first-order valence-electron chi connectivity index (χ1n) is 7.03. The molecular formula is C14H19N5O2. The van der Waals surface area contributed by atoms with Crippen LogP contribution in [0.25, 0.3) is 11.5 Å². The van der Waals surface area contributed by atoms with E-state index in [4.69, 9.17) is 15.0 Å². The quantitative estimate of drug-likeness (QED) is 0.915. The first-order chi connectivity index (χ1) is 10.1. The molecule has 0 spiro atoms. The maximum atomic E-state index is 5.75. The van der Waals surface area contributed by atoms with Gasteiger partial charge in [-0.05, 0) is 19.9 Å². The molecule has 7 heteroatoms. The molecule has 0 amide bonds. The second kappa shape index (κ2) is 5.79. The number of nitrogens with two attached hydrogens (primary N) is 1. The van der Waals surface area contributed by atoms with Gasteiger partial charge in [0.25, 0.3) is 5.89 Å². The normalized spacial score (nSPS) is 20.0. The first kappa shape index (κ1) is 14.0. The predicted octanol–water partition coefficient (Wildman–Crippen LogP) is 1.50. The van der Waals surface area contributed by atoms with E-state index >= 15 is 0 Å². The summed E-state index contributed by atoms with van der Waals surface area (Å²) in [4.78, 5) is 10.8. The van der Waals surface area contributed by atoms with Gasteiger partial charge in [0, 0.05) is 31.5 Å². The van der Waals surface area contributed by atoms with E-state index in [0.29, 0.717) is 35.6 Å². The molecule has 2 N–H and O–H groups in total. The Bertz CT molecular complexity index is 613. The van der Waals surface area contributed by atoms with Crippen LogP contribution in [0, 0.1) is 0 Å². The number of morpholine rings is 1. The number of nitrogen functional groups attached to an aromatic ring is 1. The second-order valence-corrected chi connectivity index (χ2v) is 5.41. The number of nitrogens with zero attached hydrogens (tertiary/aromatic N) is 4. The summed E-state index contributed by atoms with van der Waals surface area (Å²) in [6.07, 6.45) is 3.06. The third kappa shape index (κ3) is 3.03. The molecule has 0 radical (unpaired) electrons. The lowest BCUT2D eigenvalue weighted by Crippen LogP contribution is -2.42. The van der Waals surface area contributed by atoms with Gasteiger partial charge in [-0.2, -0.15) is 4.98 Å². The van der Waals surface area contributed by atoms with Gasteiger partial charge >= 0.3 is 0 Å². The summed E-state index contributed by atoms with van der Waals surface area (Å²) in [6.45, 7) is 6.71. The summed E-state index contributed by atoms with van der Waals surface area (Å²) < 4.78 is 11.0. The Labute approximate surface area is 123 Å². The van der Waals surface area contributed by atoms with Gasteiger partial charge in [-0.3, -0.25) is 9.88 Å². The molecule has 2 aromatic rings. The van der Waals surface area contributed by atoms with Gasteiger partial charge in [0.2, 0.25) is 5.82 Å². The van der Waals surface area contributed by atoms with Crippen LogP contribution in [0.2, 0.25) is 0 Å². The highest BCUT2D eigenvalue weighted by Gasteiger charge is 2.27. The van der Waals surface area contributed by atoms with Crippen LogP contribution in [0.4, 0.5) is 5.69 Å². The Morgan fingerprint density at radius 2 is 2.24 bits per heavy atom. The Hall–Kier alpha value is -1.99. The summed E-state index contributed by atoms with van der Waals surface area (Å²) >= 11 is 0. The zero-order chi connectivity index (χ0) is 14.8. The summed E-state index contributed by atoms with van der Waals surface area (Å²) in [7, 11) is 0. The molecule has 0 bridgehead atoms. The summed E-state index contributed by atoms with van der Waals surface area (Å²) in [6, 6.07) is 2.23. The van der Waals surface area contributed by atoms with Crippen molar-refractivity contribution in [1.82, 2.24) is 20.0 Å². The third-order valence-electron chi connectivity index (χ3n) is 3.56. The van der Waals surface area contributed by atoms with Gasteiger partial charge in [0.05, 0.1) is 17.9 Å². The molecule has 3 rings (SSSR count). The second-order valence-electron chi connectivity index (χ2n) is 5.41. The van der Waals surface area contributed by atoms with Crippen molar-refractivity contribution in [2.24, 2.45) is 0 Å². The van der Waals surface area contributed by atoms with Crippen LogP contribution < -0.4 is 5.73 Å². The smallest absolute Gasteiger partial charge is 0.259 e. The van der Waals surface area contributed by atoms with Crippen LogP contribution >= 0.6 is 0 Å². The van der Waals surface area contributed by atoms with Crippen LogP contribution in [-0.4, -0.2) is 45.8 Å². The average molecular weight is 289 g/mol. The highest BCUT2D eigenvalue weighted by Crippen LogP contribution is 2.24. The molecular weight excluding hydrogens is 270 g/mol. The maximum absolute atomic E-state index is 5.75. The van der Waals surface area contributed by atoms with Gasteiger partial charge in [0.15, 0.2) is 0 Å². The number of rotatable bonds is 3. The SMILES string of the molecule is CC(C)N1CCOC(c2noc(-c3cncc(N)c3)n2)C1. The molecule has 1 atom stereocenters. The van der Waals surface area contributed by atoms with Crippen LogP contribution in [0.15, 0.2) is 23.0 Å². The summed E-state index contributed by atoms with van der Waals surface area (Å²) in [5.74, 6) is 0.979. The fraction of sp³-hybridized carbons (Fsp3) is 0.500. The Balaban J connectivity index is 1.78. The van der Waals surface area contributed by atoms with Crippen molar-refractivity contribution in [1.29, 1.82) is 0 Å². The molecule has 1 aliphatic heterocycles. The predicted molar refractivity (Wildman–Crippen MR) is 77.3 cm³/mol. The van der Waals surface area contributed by atoms with E-state index in [1.807, 2.05) is 0 Å². The zero-order valence-electron chi connectivity index (χ0n) is 12.2. The lowest BCUT2D eigenvalue weighted by molar-refractivity contribution is -0.0450. The van der Waals surface area contributed by atoms with Gasteiger partial charge in [-0.1, -0.05) is 5.16 Å². The van der Waals surface area contributed by atoms with Gasteiger partial charge < -0.3 is 15.0 Å². The van der Waals surface area contributed by atoms with E-state index in [-0.39, 0.29) is 6.10 Å². The Kier molecular flexibility index (Phi) is 3.85. The number of hydrogen-bond donors (Lipinski definition) is 1. The number of hydrogen-bond acceptors (Lipinski definition) is 7. The summed E-state index contributed by atoms with van der Waals surface area (Å²) in [5, 5.41) is 4.03. The van der Waals surface area contributed by atoms with E-state index in [2.05, 4.69) is 33.9 Å². The minimum absolute atomic E-state index is 0.160. The molecule has 0 aromatic carbocycles. The number of anilines is 1. The third-order valence-corrected chi connectivity index (χ3v) is 3.56. The van der Waals surface area contributed by atoms with Crippen molar-refractivity contribution >= 4 is 5.69 Å². The van der Waals surface area contributed by atoms with Gasteiger partial charge in [-0.25, -0.2) is 0 Å². The maximum Gasteiger partial charge on any atom is 0.259 e. The lowest BCUT2D eigenvalue weighted by Gasteiger charge is -2.34. The molecule has 2 aromatic heterocycles. The highest BCUT2D eigenvalue weighted by molar-refractivity contribution is 5.57. The van der Waals surface area contributed by atoms with Crippen molar-refractivity contribution in [3.8, 4) is 11.5 Å². The van der Waals surface area contributed by atoms with Crippen LogP contribution in [0.3, 0.4) is 0 Å². The molecule has 1 saturated heterocycles. The van der Waals surface area contributed by atoms with Crippen molar-refractivity contribution in [3.05, 3.63) is 24.3 Å². The fourth-order valence-corrected chi connectivity index (χ4v) is 2.35. The molecule has 21 heavy (non-hydrogen) atoms. The molecule has 1 aliphatic rings. The molecule has 1 unspecified atom stereocenters. The van der Waals surface area contributed by atoms with E-state index in [1.165, 1.54) is 0 Å². The highest BCUT2D eigenvalue weighted by atomic mass is 16.5. The van der Waals surface area contributed by atoms with E-state index < -0.39 is 0 Å². The molecule has 0 aliphatic carbocycles. The number of aromatic nitrogens is 3. The molecule has 1 fully saturated rings. The van der Waals surface area contributed by atoms with Crippen LogP contribution in [0.5, 0.6) is 0 Å². The minimum Gasteiger partial charge on any atom is -0.397 e. The van der Waals surface area contributed by atoms with Crippen LogP contribution in [0.1, 0.15) is 25.8 Å². The largest absolute Gasteiger partial charge is 0.397 e. The van der Waals surface area contributed by atoms with Crippen LogP contribution in [-0.2, 0) is 4.74 Å². The molecule has 7 nitrogen and oxygen atoms in total. The molecule has 0 saturated carbocycles.